The maximum absolute atomic E-state index is 10.4. The second-order valence-corrected chi connectivity index (χ2v) is 3.53. The molecule has 4 nitrogen and oxygen atoms in total. The molecule has 1 aromatic carbocycles. The van der Waals surface area contributed by atoms with Crippen LogP contribution in [0.1, 0.15) is 31.4 Å². The van der Waals surface area contributed by atoms with Gasteiger partial charge in [-0.2, -0.15) is 0 Å². The van der Waals surface area contributed by atoms with Gasteiger partial charge in [-0.1, -0.05) is 19.1 Å². The molecule has 2 N–H and O–H groups in total. The number of benzene rings is 1. The van der Waals surface area contributed by atoms with Crippen molar-refractivity contribution >= 4 is 5.97 Å². The Kier molecular flexibility index (Phi) is 4.79. The number of aliphatic hydroxyl groups excluding tert-OH is 1. The van der Waals surface area contributed by atoms with E-state index in [1.807, 2.05) is 6.92 Å². The molecular weight excluding hydrogens is 208 g/mol. The lowest BCUT2D eigenvalue weighted by molar-refractivity contribution is -0.139. The Bertz CT molecular complexity index is 349. The van der Waals surface area contributed by atoms with Gasteiger partial charge in [-0.3, -0.25) is 4.79 Å². The molecular formula is C12H16O4. The SMILES string of the molecule is CCCOc1cccc(C(O)CC(=O)O)c1. The molecule has 1 aromatic rings. The fourth-order valence-electron chi connectivity index (χ4n) is 1.31. The summed E-state index contributed by atoms with van der Waals surface area (Å²) in [5, 5.41) is 18.2. The van der Waals surface area contributed by atoms with Gasteiger partial charge in [-0.15, -0.1) is 0 Å². The molecule has 88 valence electrons. The Labute approximate surface area is 94.5 Å². The van der Waals surface area contributed by atoms with E-state index in [0.29, 0.717) is 17.9 Å². The molecule has 0 aliphatic carbocycles. The van der Waals surface area contributed by atoms with Gasteiger partial charge in [-0.25, -0.2) is 0 Å². The highest BCUT2D eigenvalue weighted by Crippen LogP contribution is 2.21. The molecule has 0 heterocycles. The van der Waals surface area contributed by atoms with Gasteiger partial charge in [0.15, 0.2) is 0 Å². The Hall–Kier alpha value is -1.55. The van der Waals surface area contributed by atoms with Crippen molar-refractivity contribution in [2.45, 2.75) is 25.9 Å². The summed E-state index contributed by atoms with van der Waals surface area (Å²) in [7, 11) is 0. The second-order valence-electron chi connectivity index (χ2n) is 3.53. The van der Waals surface area contributed by atoms with Gasteiger partial charge < -0.3 is 14.9 Å². The summed E-state index contributed by atoms with van der Waals surface area (Å²) in [4.78, 5) is 10.4. The number of carboxylic acids is 1. The Morgan fingerprint density at radius 2 is 2.25 bits per heavy atom. The maximum Gasteiger partial charge on any atom is 0.306 e. The summed E-state index contributed by atoms with van der Waals surface area (Å²) in [5.74, 6) is -0.365. The number of rotatable bonds is 6. The first-order chi connectivity index (χ1) is 7.63. The fourth-order valence-corrected chi connectivity index (χ4v) is 1.31. The van der Waals surface area contributed by atoms with E-state index in [9.17, 15) is 9.90 Å². The Balaban J connectivity index is 2.69. The third-order valence-electron chi connectivity index (χ3n) is 2.08. The standard InChI is InChI=1S/C12H16O4/c1-2-6-16-10-5-3-4-9(7-10)11(13)8-12(14)15/h3-5,7,11,13H,2,6,8H2,1H3,(H,14,15). The van der Waals surface area contributed by atoms with Crippen LogP contribution in [0.25, 0.3) is 0 Å². The zero-order chi connectivity index (χ0) is 12.0. The molecule has 0 aromatic heterocycles. The molecule has 4 heteroatoms. The molecule has 1 unspecified atom stereocenters. The predicted octanol–water partition coefficient (Wildman–Crippen LogP) is 1.98. The minimum Gasteiger partial charge on any atom is -0.494 e. The molecule has 0 saturated carbocycles. The van der Waals surface area contributed by atoms with Crippen molar-refractivity contribution in [3.05, 3.63) is 29.8 Å². The molecule has 1 atom stereocenters. The summed E-state index contributed by atoms with van der Waals surface area (Å²) in [5.41, 5.74) is 0.566. The van der Waals surface area contributed by atoms with Crippen LogP contribution in [-0.4, -0.2) is 22.8 Å². The predicted molar refractivity (Wildman–Crippen MR) is 59.4 cm³/mol. The van der Waals surface area contributed by atoms with Crippen molar-refractivity contribution < 1.29 is 19.7 Å². The zero-order valence-electron chi connectivity index (χ0n) is 9.22. The molecule has 16 heavy (non-hydrogen) atoms. The first-order valence-electron chi connectivity index (χ1n) is 5.26. The highest BCUT2D eigenvalue weighted by atomic mass is 16.5. The van der Waals surface area contributed by atoms with Crippen molar-refractivity contribution in [1.82, 2.24) is 0 Å². The topological polar surface area (TPSA) is 66.8 Å². The van der Waals surface area contributed by atoms with Crippen LogP contribution in [-0.2, 0) is 4.79 Å². The van der Waals surface area contributed by atoms with E-state index in [4.69, 9.17) is 9.84 Å². The van der Waals surface area contributed by atoms with Crippen LogP contribution in [0.3, 0.4) is 0 Å². The van der Waals surface area contributed by atoms with E-state index in [1.54, 1.807) is 24.3 Å². The van der Waals surface area contributed by atoms with Crippen LogP contribution in [0.15, 0.2) is 24.3 Å². The lowest BCUT2D eigenvalue weighted by Crippen LogP contribution is -2.05. The van der Waals surface area contributed by atoms with E-state index >= 15 is 0 Å². The van der Waals surface area contributed by atoms with Crippen LogP contribution >= 0.6 is 0 Å². The Morgan fingerprint density at radius 1 is 1.50 bits per heavy atom. The zero-order valence-corrected chi connectivity index (χ0v) is 9.22. The number of ether oxygens (including phenoxy) is 1. The Morgan fingerprint density at radius 3 is 2.88 bits per heavy atom. The quantitative estimate of drug-likeness (QED) is 0.775. The van der Waals surface area contributed by atoms with Gasteiger partial charge in [0.2, 0.25) is 0 Å². The minimum atomic E-state index is -1.02. The van der Waals surface area contributed by atoms with Crippen LogP contribution in [0.2, 0.25) is 0 Å². The van der Waals surface area contributed by atoms with E-state index in [1.165, 1.54) is 0 Å². The molecule has 1 rings (SSSR count). The number of hydrogen-bond donors (Lipinski definition) is 2. The van der Waals surface area contributed by atoms with Gasteiger partial charge in [0, 0.05) is 0 Å². The lowest BCUT2D eigenvalue weighted by atomic mass is 10.1. The number of carboxylic acid groups (broad SMARTS) is 1. The third kappa shape index (κ3) is 3.90. The number of hydrogen-bond acceptors (Lipinski definition) is 3. The van der Waals surface area contributed by atoms with Crippen LogP contribution in [0, 0.1) is 0 Å². The van der Waals surface area contributed by atoms with E-state index in [0.717, 1.165) is 6.42 Å². The highest BCUT2D eigenvalue weighted by molar-refractivity contribution is 5.67. The molecule has 0 aliphatic heterocycles. The summed E-state index contributed by atoms with van der Waals surface area (Å²) >= 11 is 0. The number of aliphatic carboxylic acids is 1. The number of carbonyl (C=O) groups is 1. The van der Waals surface area contributed by atoms with Crippen molar-refractivity contribution in [1.29, 1.82) is 0 Å². The van der Waals surface area contributed by atoms with E-state index in [-0.39, 0.29) is 6.42 Å². The van der Waals surface area contributed by atoms with Crippen LogP contribution in [0.5, 0.6) is 5.75 Å². The second kappa shape index (κ2) is 6.12. The van der Waals surface area contributed by atoms with Crippen molar-refractivity contribution in [2.24, 2.45) is 0 Å². The molecule has 0 aliphatic rings. The summed E-state index contributed by atoms with van der Waals surface area (Å²) in [6.07, 6.45) is -0.373. The van der Waals surface area contributed by atoms with Crippen LogP contribution in [0.4, 0.5) is 0 Å². The number of aliphatic hydroxyl groups is 1. The molecule has 0 amide bonds. The van der Waals surface area contributed by atoms with Gasteiger partial charge in [0.1, 0.15) is 5.75 Å². The smallest absolute Gasteiger partial charge is 0.306 e. The van der Waals surface area contributed by atoms with Gasteiger partial charge in [0.05, 0.1) is 19.1 Å². The largest absolute Gasteiger partial charge is 0.494 e. The maximum atomic E-state index is 10.4. The summed E-state index contributed by atoms with van der Waals surface area (Å²) < 4.78 is 5.39. The van der Waals surface area contributed by atoms with E-state index < -0.39 is 12.1 Å². The first kappa shape index (κ1) is 12.5. The minimum absolute atomic E-state index is 0.294. The lowest BCUT2D eigenvalue weighted by Gasteiger charge is -2.10. The summed E-state index contributed by atoms with van der Waals surface area (Å²) in [6.45, 7) is 2.61. The summed E-state index contributed by atoms with van der Waals surface area (Å²) in [6, 6.07) is 6.88. The van der Waals surface area contributed by atoms with E-state index in [2.05, 4.69) is 0 Å². The van der Waals surface area contributed by atoms with Crippen molar-refractivity contribution in [3.8, 4) is 5.75 Å². The monoisotopic (exact) mass is 224 g/mol. The molecule has 0 radical (unpaired) electrons. The van der Waals surface area contributed by atoms with Gasteiger partial charge >= 0.3 is 5.97 Å². The highest BCUT2D eigenvalue weighted by Gasteiger charge is 2.12. The molecule has 0 bridgehead atoms. The molecule has 0 saturated heterocycles. The molecule has 0 spiro atoms. The normalized spacial score (nSPS) is 12.1. The first-order valence-corrected chi connectivity index (χ1v) is 5.26. The average Bonchev–Trinajstić information content (AvgIpc) is 2.26. The average molecular weight is 224 g/mol. The van der Waals surface area contributed by atoms with Crippen molar-refractivity contribution in [2.75, 3.05) is 6.61 Å². The van der Waals surface area contributed by atoms with Gasteiger partial charge in [-0.05, 0) is 24.1 Å². The van der Waals surface area contributed by atoms with Gasteiger partial charge in [0.25, 0.3) is 0 Å². The van der Waals surface area contributed by atoms with Crippen molar-refractivity contribution in [3.63, 3.8) is 0 Å². The third-order valence-corrected chi connectivity index (χ3v) is 2.08. The molecule has 0 fully saturated rings. The van der Waals surface area contributed by atoms with Crippen LogP contribution < -0.4 is 4.74 Å². The fraction of sp³-hybridized carbons (Fsp3) is 0.417.